The number of amides is 3. The summed E-state index contributed by atoms with van der Waals surface area (Å²) in [6, 6.07) is 10.4. The van der Waals surface area contributed by atoms with Crippen molar-refractivity contribution < 1.29 is 14.3 Å². The highest BCUT2D eigenvalue weighted by Gasteiger charge is 2.34. The smallest absolute Gasteiger partial charge is 0.317 e. The Kier molecular flexibility index (Phi) is 7.71. The highest BCUT2D eigenvalue weighted by Crippen LogP contribution is 2.25. The molecule has 0 atom stereocenters. The number of carbonyl (C=O) groups is 2. The van der Waals surface area contributed by atoms with Crippen LogP contribution in [0, 0.1) is 0 Å². The number of ether oxygens (including phenoxy) is 1. The molecule has 2 saturated heterocycles. The van der Waals surface area contributed by atoms with Crippen LogP contribution in [-0.2, 0) is 16.0 Å². The molecule has 6 heteroatoms. The average molecular weight is 388 g/mol. The molecule has 0 aromatic heterocycles. The standard InChI is InChI=1S/C22H33N3O3/c1-2-12-23-22(27)24-13-8-19(9-14-24)25(20-10-15-28-16-11-20)21(26)17-18-6-4-3-5-7-18/h3-7,19-20H,2,8-17H2,1H3,(H,23,27). The van der Waals surface area contributed by atoms with E-state index in [0.29, 0.717) is 26.1 Å². The Morgan fingerprint density at radius 3 is 2.36 bits per heavy atom. The summed E-state index contributed by atoms with van der Waals surface area (Å²) in [7, 11) is 0. The molecule has 0 spiro atoms. The number of hydrogen-bond acceptors (Lipinski definition) is 3. The Morgan fingerprint density at radius 1 is 1.07 bits per heavy atom. The summed E-state index contributed by atoms with van der Waals surface area (Å²) in [6.45, 7) is 5.62. The maximum absolute atomic E-state index is 13.3. The van der Waals surface area contributed by atoms with E-state index >= 15 is 0 Å². The lowest BCUT2D eigenvalue weighted by Gasteiger charge is -2.43. The lowest BCUT2D eigenvalue weighted by molar-refractivity contribution is -0.139. The molecule has 2 aliphatic rings. The highest BCUT2D eigenvalue weighted by molar-refractivity contribution is 5.79. The first kappa shape index (κ1) is 20.6. The van der Waals surface area contributed by atoms with Crippen LogP contribution < -0.4 is 5.32 Å². The van der Waals surface area contributed by atoms with Crippen LogP contribution in [0.2, 0.25) is 0 Å². The first-order chi connectivity index (χ1) is 13.7. The van der Waals surface area contributed by atoms with Crippen LogP contribution in [0.1, 0.15) is 44.6 Å². The van der Waals surface area contributed by atoms with Crippen molar-refractivity contribution in [1.82, 2.24) is 15.1 Å². The molecule has 2 fully saturated rings. The van der Waals surface area contributed by atoms with Crippen LogP contribution >= 0.6 is 0 Å². The second-order valence-corrected chi connectivity index (χ2v) is 7.76. The van der Waals surface area contributed by atoms with Crippen molar-refractivity contribution in [1.29, 1.82) is 0 Å². The van der Waals surface area contributed by atoms with E-state index in [0.717, 1.165) is 50.9 Å². The number of hydrogen-bond donors (Lipinski definition) is 1. The number of piperidine rings is 1. The number of nitrogens with one attached hydrogen (secondary N) is 1. The molecule has 0 unspecified atom stereocenters. The van der Waals surface area contributed by atoms with Crippen molar-refractivity contribution in [2.24, 2.45) is 0 Å². The van der Waals surface area contributed by atoms with Gasteiger partial charge < -0.3 is 19.9 Å². The predicted octanol–water partition coefficient (Wildman–Crippen LogP) is 2.82. The summed E-state index contributed by atoms with van der Waals surface area (Å²) in [6.07, 6.45) is 4.87. The monoisotopic (exact) mass is 387 g/mol. The third-order valence-electron chi connectivity index (χ3n) is 5.74. The maximum Gasteiger partial charge on any atom is 0.317 e. The number of carbonyl (C=O) groups excluding carboxylic acids is 2. The minimum absolute atomic E-state index is 0.0218. The molecule has 2 aliphatic heterocycles. The molecule has 0 bridgehead atoms. The van der Waals surface area contributed by atoms with Gasteiger partial charge in [-0.2, -0.15) is 0 Å². The fraction of sp³-hybridized carbons (Fsp3) is 0.636. The normalized spacial score (nSPS) is 18.7. The van der Waals surface area contributed by atoms with Gasteiger partial charge in [-0.25, -0.2) is 4.79 Å². The minimum Gasteiger partial charge on any atom is -0.381 e. The van der Waals surface area contributed by atoms with Gasteiger partial charge in [-0.3, -0.25) is 4.79 Å². The predicted molar refractivity (Wildman–Crippen MR) is 109 cm³/mol. The van der Waals surface area contributed by atoms with Crippen molar-refractivity contribution in [3.63, 3.8) is 0 Å². The molecular formula is C22H33N3O3. The van der Waals surface area contributed by atoms with Gasteiger partial charge in [0.2, 0.25) is 5.91 Å². The van der Waals surface area contributed by atoms with E-state index in [9.17, 15) is 9.59 Å². The molecule has 154 valence electrons. The van der Waals surface area contributed by atoms with Crippen molar-refractivity contribution in [3.05, 3.63) is 35.9 Å². The molecule has 0 saturated carbocycles. The number of urea groups is 1. The molecule has 28 heavy (non-hydrogen) atoms. The summed E-state index contributed by atoms with van der Waals surface area (Å²) < 4.78 is 5.52. The fourth-order valence-corrected chi connectivity index (χ4v) is 4.22. The molecule has 3 amide bonds. The Labute approximate surface area is 168 Å². The van der Waals surface area contributed by atoms with Gasteiger partial charge in [0.15, 0.2) is 0 Å². The second-order valence-electron chi connectivity index (χ2n) is 7.76. The molecule has 1 aromatic carbocycles. The van der Waals surface area contributed by atoms with E-state index < -0.39 is 0 Å². The summed E-state index contributed by atoms with van der Waals surface area (Å²) in [5, 5.41) is 2.95. The van der Waals surface area contributed by atoms with E-state index in [1.165, 1.54) is 0 Å². The second kappa shape index (κ2) is 10.5. The van der Waals surface area contributed by atoms with Crippen molar-refractivity contribution in [2.45, 2.75) is 57.5 Å². The van der Waals surface area contributed by atoms with Gasteiger partial charge in [-0.05, 0) is 37.7 Å². The van der Waals surface area contributed by atoms with Gasteiger partial charge in [-0.1, -0.05) is 37.3 Å². The van der Waals surface area contributed by atoms with Gasteiger partial charge in [0, 0.05) is 44.9 Å². The molecule has 1 N–H and O–H groups in total. The molecule has 1 aromatic rings. The zero-order chi connectivity index (χ0) is 19.8. The molecular weight excluding hydrogens is 354 g/mol. The van der Waals surface area contributed by atoms with Gasteiger partial charge in [0.25, 0.3) is 0 Å². The number of likely N-dealkylation sites (tertiary alicyclic amines) is 1. The quantitative estimate of drug-likeness (QED) is 0.816. The number of rotatable bonds is 6. The van der Waals surface area contributed by atoms with Crippen LogP contribution in [0.5, 0.6) is 0 Å². The van der Waals surface area contributed by atoms with Crippen molar-refractivity contribution >= 4 is 11.9 Å². The van der Waals surface area contributed by atoms with Crippen LogP contribution in [0.15, 0.2) is 30.3 Å². The van der Waals surface area contributed by atoms with Crippen molar-refractivity contribution in [3.8, 4) is 0 Å². The first-order valence-electron chi connectivity index (χ1n) is 10.6. The van der Waals surface area contributed by atoms with E-state index in [1.54, 1.807) is 0 Å². The summed E-state index contributed by atoms with van der Waals surface area (Å²) >= 11 is 0. The minimum atomic E-state index is 0.0218. The van der Waals surface area contributed by atoms with Gasteiger partial charge >= 0.3 is 6.03 Å². The third kappa shape index (κ3) is 5.47. The lowest BCUT2D eigenvalue weighted by Crippen LogP contribution is -2.55. The Hall–Kier alpha value is -2.08. The van der Waals surface area contributed by atoms with Crippen LogP contribution in [0.3, 0.4) is 0 Å². The molecule has 0 aliphatic carbocycles. The maximum atomic E-state index is 13.3. The molecule has 3 rings (SSSR count). The third-order valence-corrected chi connectivity index (χ3v) is 5.74. The molecule has 6 nitrogen and oxygen atoms in total. The SMILES string of the molecule is CCCNC(=O)N1CCC(N(C(=O)Cc2ccccc2)C2CCOCC2)CC1. The number of nitrogens with zero attached hydrogens (tertiary/aromatic N) is 2. The van der Waals surface area contributed by atoms with Crippen LogP contribution in [-0.4, -0.2) is 66.7 Å². The van der Waals surface area contributed by atoms with Gasteiger partial charge in [-0.15, -0.1) is 0 Å². The van der Waals surface area contributed by atoms with E-state index in [-0.39, 0.29) is 24.0 Å². The van der Waals surface area contributed by atoms with Crippen LogP contribution in [0.25, 0.3) is 0 Å². The number of benzene rings is 1. The zero-order valence-electron chi connectivity index (χ0n) is 16.9. The van der Waals surface area contributed by atoms with Gasteiger partial charge in [0.05, 0.1) is 6.42 Å². The summed E-state index contributed by atoms with van der Waals surface area (Å²) in [5.41, 5.74) is 1.06. The van der Waals surface area contributed by atoms with Gasteiger partial charge in [0.1, 0.15) is 0 Å². The fourth-order valence-electron chi connectivity index (χ4n) is 4.22. The highest BCUT2D eigenvalue weighted by atomic mass is 16.5. The van der Waals surface area contributed by atoms with Crippen molar-refractivity contribution in [2.75, 3.05) is 32.8 Å². The van der Waals surface area contributed by atoms with E-state index in [1.807, 2.05) is 35.2 Å². The Balaban J connectivity index is 1.64. The zero-order valence-corrected chi connectivity index (χ0v) is 16.9. The largest absolute Gasteiger partial charge is 0.381 e. The first-order valence-corrected chi connectivity index (χ1v) is 10.6. The topological polar surface area (TPSA) is 61.9 Å². The lowest BCUT2D eigenvalue weighted by atomic mass is 9.96. The molecule has 0 radical (unpaired) electrons. The van der Waals surface area contributed by atoms with E-state index in [4.69, 9.17) is 4.74 Å². The summed E-state index contributed by atoms with van der Waals surface area (Å²) in [5.74, 6) is 0.201. The average Bonchev–Trinajstić information content (AvgIpc) is 2.74. The van der Waals surface area contributed by atoms with E-state index in [2.05, 4.69) is 17.1 Å². The molecule has 2 heterocycles. The Morgan fingerprint density at radius 2 is 1.71 bits per heavy atom. The summed E-state index contributed by atoms with van der Waals surface area (Å²) in [4.78, 5) is 29.5. The van der Waals surface area contributed by atoms with Crippen LogP contribution in [0.4, 0.5) is 4.79 Å². The Bertz CT molecular complexity index is 623.